The number of benzene rings is 2. The third-order valence-corrected chi connectivity index (χ3v) is 3.98. The average molecular weight is 412 g/mol. The topological polar surface area (TPSA) is 128 Å². The molecule has 0 fully saturated rings. The van der Waals surface area contributed by atoms with Crippen LogP contribution in [-0.4, -0.2) is 29.3 Å². The van der Waals surface area contributed by atoms with Gasteiger partial charge in [-0.05, 0) is 24.3 Å². The van der Waals surface area contributed by atoms with Gasteiger partial charge in [-0.2, -0.15) is 0 Å². The van der Waals surface area contributed by atoms with Gasteiger partial charge in [0, 0.05) is 17.7 Å². The summed E-state index contributed by atoms with van der Waals surface area (Å²) in [6.07, 6.45) is 0. The number of hydrazine groups is 1. The molecule has 140 valence electrons. The highest BCUT2D eigenvalue weighted by molar-refractivity contribution is 6.43. The molecule has 2 amide bonds. The third kappa shape index (κ3) is 5.40. The van der Waals surface area contributed by atoms with Gasteiger partial charge >= 0.3 is 5.97 Å². The monoisotopic (exact) mass is 411 g/mol. The highest BCUT2D eigenvalue weighted by Crippen LogP contribution is 2.25. The minimum Gasteiger partial charge on any atom is -0.452 e. The Morgan fingerprint density at radius 3 is 2.33 bits per heavy atom. The van der Waals surface area contributed by atoms with Crippen LogP contribution in [0.3, 0.4) is 0 Å². The van der Waals surface area contributed by atoms with E-state index in [-0.39, 0.29) is 26.9 Å². The lowest BCUT2D eigenvalue weighted by Crippen LogP contribution is -2.43. The van der Waals surface area contributed by atoms with E-state index in [1.54, 1.807) is 0 Å². The molecule has 27 heavy (non-hydrogen) atoms. The first kappa shape index (κ1) is 20.1. The summed E-state index contributed by atoms with van der Waals surface area (Å²) in [5.74, 6) is -2.38. The van der Waals surface area contributed by atoms with Crippen molar-refractivity contribution in [1.29, 1.82) is 0 Å². The van der Waals surface area contributed by atoms with Gasteiger partial charge in [-0.25, -0.2) is 4.79 Å². The highest BCUT2D eigenvalue weighted by atomic mass is 35.5. The number of nitrogens with one attached hydrogen (secondary N) is 2. The van der Waals surface area contributed by atoms with Crippen molar-refractivity contribution in [3.63, 3.8) is 0 Å². The summed E-state index contributed by atoms with van der Waals surface area (Å²) in [6, 6.07) is 9.10. The summed E-state index contributed by atoms with van der Waals surface area (Å²) in [5.41, 5.74) is 4.03. The van der Waals surface area contributed by atoms with Crippen molar-refractivity contribution < 1.29 is 24.0 Å². The molecule has 0 heterocycles. The number of carbonyl (C=O) groups excluding carboxylic acids is 3. The molecular formula is C16H11Cl2N3O6. The van der Waals surface area contributed by atoms with Crippen molar-refractivity contribution in [2.24, 2.45) is 0 Å². The molecule has 2 aromatic rings. The highest BCUT2D eigenvalue weighted by Gasteiger charge is 2.16. The van der Waals surface area contributed by atoms with Crippen LogP contribution in [0.2, 0.25) is 10.0 Å². The second-order valence-electron chi connectivity index (χ2n) is 4.98. The first-order chi connectivity index (χ1) is 12.8. The Kier molecular flexibility index (Phi) is 6.69. The standard InChI is InChI=1S/C16H11Cl2N3O6/c17-12-3-1-2-11(14(12)18)16(24)27-8-13(22)19-20-15(23)9-4-6-10(7-5-9)21(25)26/h1-7H,8H2,(H,19,22)(H,20,23). The zero-order valence-electron chi connectivity index (χ0n) is 13.4. The molecule has 2 rings (SSSR count). The first-order valence-corrected chi connectivity index (χ1v) is 8.00. The van der Waals surface area contributed by atoms with E-state index in [0.717, 1.165) is 12.1 Å². The number of carbonyl (C=O) groups is 3. The molecule has 0 unspecified atom stereocenters. The van der Waals surface area contributed by atoms with Gasteiger partial charge in [0.1, 0.15) is 0 Å². The molecule has 0 radical (unpaired) electrons. The minimum absolute atomic E-state index is 0.00366. The summed E-state index contributed by atoms with van der Waals surface area (Å²) < 4.78 is 4.79. The first-order valence-electron chi connectivity index (χ1n) is 7.24. The minimum atomic E-state index is -0.862. The Balaban J connectivity index is 1.83. The summed E-state index contributed by atoms with van der Waals surface area (Å²) in [4.78, 5) is 45.3. The quantitative estimate of drug-likeness (QED) is 0.441. The van der Waals surface area contributed by atoms with Crippen molar-refractivity contribution in [2.45, 2.75) is 0 Å². The maximum Gasteiger partial charge on any atom is 0.340 e. The van der Waals surface area contributed by atoms with Crippen LogP contribution in [-0.2, 0) is 9.53 Å². The summed E-state index contributed by atoms with van der Waals surface area (Å²) in [6.45, 7) is -0.678. The molecule has 0 saturated carbocycles. The van der Waals surface area contributed by atoms with E-state index < -0.39 is 29.3 Å². The molecule has 0 aliphatic heterocycles. The second kappa shape index (κ2) is 8.97. The number of rotatable bonds is 5. The lowest BCUT2D eigenvalue weighted by atomic mass is 10.2. The number of amides is 2. The Morgan fingerprint density at radius 1 is 1.04 bits per heavy atom. The second-order valence-corrected chi connectivity index (χ2v) is 5.77. The van der Waals surface area contributed by atoms with Crippen LogP contribution in [0.5, 0.6) is 0 Å². The van der Waals surface area contributed by atoms with Gasteiger partial charge in [-0.15, -0.1) is 0 Å². The number of halogens is 2. The van der Waals surface area contributed by atoms with E-state index >= 15 is 0 Å². The predicted molar refractivity (Wildman–Crippen MR) is 95.4 cm³/mol. The molecule has 0 spiro atoms. The number of hydrogen-bond acceptors (Lipinski definition) is 6. The SMILES string of the molecule is O=C(COC(=O)c1cccc(Cl)c1Cl)NNC(=O)c1ccc([N+](=O)[O-])cc1. The number of nitro groups is 1. The fraction of sp³-hybridized carbons (Fsp3) is 0.0625. The van der Waals surface area contributed by atoms with Crippen LogP contribution in [0, 0.1) is 10.1 Å². The smallest absolute Gasteiger partial charge is 0.340 e. The molecule has 0 bridgehead atoms. The van der Waals surface area contributed by atoms with E-state index in [4.69, 9.17) is 27.9 Å². The van der Waals surface area contributed by atoms with E-state index in [1.807, 2.05) is 5.43 Å². The van der Waals surface area contributed by atoms with Crippen LogP contribution in [0.25, 0.3) is 0 Å². The van der Waals surface area contributed by atoms with Crippen LogP contribution in [0.15, 0.2) is 42.5 Å². The number of non-ortho nitro benzene ring substituents is 1. The largest absolute Gasteiger partial charge is 0.452 e. The van der Waals surface area contributed by atoms with Crippen molar-refractivity contribution in [1.82, 2.24) is 10.9 Å². The van der Waals surface area contributed by atoms with Gasteiger partial charge in [0.2, 0.25) is 0 Å². The molecule has 2 N–H and O–H groups in total. The molecule has 0 aliphatic rings. The van der Waals surface area contributed by atoms with Crippen molar-refractivity contribution in [3.05, 3.63) is 73.8 Å². The van der Waals surface area contributed by atoms with E-state index in [2.05, 4.69) is 5.43 Å². The number of ether oxygens (including phenoxy) is 1. The van der Waals surface area contributed by atoms with Gasteiger partial charge in [0.05, 0.1) is 20.5 Å². The lowest BCUT2D eigenvalue weighted by molar-refractivity contribution is -0.384. The maximum absolute atomic E-state index is 11.9. The number of esters is 1. The zero-order valence-corrected chi connectivity index (χ0v) is 14.9. The molecule has 0 aliphatic carbocycles. The van der Waals surface area contributed by atoms with Crippen molar-refractivity contribution in [3.8, 4) is 0 Å². The fourth-order valence-corrected chi connectivity index (χ4v) is 2.22. The Labute approximate surface area is 162 Å². The van der Waals surface area contributed by atoms with Crippen molar-refractivity contribution in [2.75, 3.05) is 6.61 Å². The van der Waals surface area contributed by atoms with E-state index in [9.17, 15) is 24.5 Å². The zero-order chi connectivity index (χ0) is 20.0. The molecule has 0 atom stereocenters. The van der Waals surface area contributed by atoms with E-state index in [0.29, 0.717) is 0 Å². The molecule has 0 saturated heterocycles. The van der Waals surface area contributed by atoms with Gasteiger partial charge in [0.25, 0.3) is 17.5 Å². The van der Waals surface area contributed by atoms with Gasteiger partial charge in [-0.3, -0.25) is 30.6 Å². The lowest BCUT2D eigenvalue weighted by Gasteiger charge is -2.09. The van der Waals surface area contributed by atoms with Gasteiger partial charge < -0.3 is 4.74 Å². The number of nitrogens with zero attached hydrogens (tertiary/aromatic N) is 1. The Bertz CT molecular complexity index is 902. The number of nitro benzene ring substituents is 1. The maximum atomic E-state index is 11.9. The van der Waals surface area contributed by atoms with Crippen LogP contribution >= 0.6 is 23.2 Å². The van der Waals surface area contributed by atoms with Gasteiger partial charge in [0.15, 0.2) is 6.61 Å². The Hall–Kier alpha value is -3.17. The average Bonchev–Trinajstić information content (AvgIpc) is 2.66. The summed E-state index contributed by atoms with van der Waals surface area (Å²) in [5, 5.41) is 10.7. The fourth-order valence-electron chi connectivity index (χ4n) is 1.84. The van der Waals surface area contributed by atoms with Crippen LogP contribution < -0.4 is 10.9 Å². The Morgan fingerprint density at radius 2 is 1.70 bits per heavy atom. The van der Waals surface area contributed by atoms with Crippen LogP contribution in [0.1, 0.15) is 20.7 Å². The summed E-state index contributed by atoms with van der Waals surface area (Å²) in [7, 11) is 0. The summed E-state index contributed by atoms with van der Waals surface area (Å²) >= 11 is 11.7. The molecule has 2 aromatic carbocycles. The number of hydrogen-bond donors (Lipinski definition) is 2. The van der Waals surface area contributed by atoms with Gasteiger partial charge in [-0.1, -0.05) is 29.3 Å². The van der Waals surface area contributed by atoms with Crippen molar-refractivity contribution >= 4 is 46.7 Å². The normalized spacial score (nSPS) is 10.0. The molecule has 9 nitrogen and oxygen atoms in total. The third-order valence-electron chi connectivity index (χ3n) is 3.16. The predicted octanol–water partition coefficient (Wildman–Crippen LogP) is 2.52. The van der Waals surface area contributed by atoms with Crippen LogP contribution in [0.4, 0.5) is 5.69 Å². The molecular weight excluding hydrogens is 401 g/mol. The van der Waals surface area contributed by atoms with E-state index in [1.165, 1.54) is 30.3 Å². The molecule has 0 aromatic heterocycles. The molecule has 11 heteroatoms.